The van der Waals surface area contributed by atoms with E-state index in [2.05, 4.69) is 10.3 Å². The smallest absolute Gasteiger partial charge is 0.238 e. The molecule has 3 aromatic rings. The van der Waals surface area contributed by atoms with E-state index in [4.69, 9.17) is 14.6 Å². The number of aromatic nitrogens is 2. The molecule has 0 aliphatic carbocycles. The van der Waals surface area contributed by atoms with Crippen LogP contribution in [0, 0.1) is 0 Å². The molecular formula is C19H20N4O5S2. The summed E-state index contributed by atoms with van der Waals surface area (Å²) in [5.74, 6) is 1.66. The van der Waals surface area contributed by atoms with Crippen LogP contribution in [0.4, 0.5) is 5.69 Å². The number of benzene rings is 2. The van der Waals surface area contributed by atoms with Crippen LogP contribution in [-0.2, 0) is 21.4 Å². The lowest BCUT2D eigenvalue weighted by Crippen LogP contribution is -2.12. The van der Waals surface area contributed by atoms with Crippen LogP contribution in [0.1, 0.15) is 13.3 Å². The lowest BCUT2D eigenvalue weighted by molar-refractivity contribution is -0.115. The second kappa shape index (κ2) is 8.17. The molecule has 1 aromatic heterocycles. The highest BCUT2D eigenvalue weighted by Gasteiger charge is 2.16. The van der Waals surface area contributed by atoms with Gasteiger partial charge in [0.2, 0.25) is 22.7 Å². The third-order valence-corrected chi connectivity index (χ3v) is 6.44. The Hall–Kier alpha value is -2.76. The van der Waals surface area contributed by atoms with Crippen LogP contribution < -0.4 is 19.9 Å². The quantitative estimate of drug-likeness (QED) is 0.532. The number of primary sulfonamides is 1. The largest absolute Gasteiger partial charge is 0.454 e. The van der Waals surface area contributed by atoms with Gasteiger partial charge in [-0.1, -0.05) is 11.8 Å². The molecule has 0 saturated carbocycles. The lowest BCUT2D eigenvalue weighted by Gasteiger charge is -2.07. The molecule has 0 spiro atoms. The van der Waals surface area contributed by atoms with Gasteiger partial charge in [-0.25, -0.2) is 18.5 Å². The summed E-state index contributed by atoms with van der Waals surface area (Å²) in [6.07, 6.45) is 0.286. The van der Waals surface area contributed by atoms with E-state index < -0.39 is 10.0 Å². The molecule has 0 saturated heterocycles. The van der Waals surface area contributed by atoms with Crippen molar-refractivity contribution >= 4 is 44.4 Å². The number of thioether (sulfide) groups is 1. The van der Waals surface area contributed by atoms with E-state index in [1.165, 1.54) is 23.9 Å². The Morgan fingerprint density at radius 3 is 2.80 bits per heavy atom. The number of nitrogens with zero attached hydrogens (tertiary/aromatic N) is 2. The molecule has 2 aromatic carbocycles. The van der Waals surface area contributed by atoms with E-state index in [9.17, 15) is 13.2 Å². The number of nitrogens with two attached hydrogens (primary N) is 1. The summed E-state index contributed by atoms with van der Waals surface area (Å²) in [6.45, 7) is 2.82. The average Bonchev–Trinajstić information content (AvgIpc) is 3.29. The highest BCUT2D eigenvalue weighted by atomic mass is 32.2. The Labute approximate surface area is 177 Å². The number of hydrogen-bond acceptors (Lipinski definition) is 7. The third-order valence-electron chi connectivity index (χ3n) is 4.55. The van der Waals surface area contributed by atoms with Crippen LogP contribution >= 0.6 is 11.8 Å². The van der Waals surface area contributed by atoms with Gasteiger partial charge in [-0.05, 0) is 37.3 Å². The molecule has 11 heteroatoms. The van der Waals surface area contributed by atoms with Gasteiger partial charge in [0.25, 0.3) is 0 Å². The lowest BCUT2D eigenvalue weighted by atomic mass is 10.2. The molecule has 9 nitrogen and oxygen atoms in total. The molecule has 0 radical (unpaired) electrons. The average molecular weight is 449 g/mol. The van der Waals surface area contributed by atoms with E-state index in [0.29, 0.717) is 35.0 Å². The van der Waals surface area contributed by atoms with Crippen LogP contribution in [0.15, 0.2) is 46.5 Å². The number of ether oxygens (including phenoxy) is 2. The van der Waals surface area contributed by atoms with Crippen molar-refractivity contribution in [3.8, 4) is 11.5 Å². The molecule has 2 heterocycles. The van der Waals surface area contributed by atoms with E-state index >= 15 is 0 Å². The molecule has 30 heavy (non-hydrogen) atoms. The molecule has 0 unspecified atom stereocenters. The minimum absolute atomic E-state index is 0.0235. The summed E-state index contributed by atoms with van der Waals surface area (Å²) in [6, 6.07) is 9.88. The zero-order valence-electron chi connectivity index (χ0n) is 16.1. The molecule has 3 N–H and O–H groups in total. The van der Waals surface area contributed by atoms with E-state index in [1.54, 1.807) is 24.3 Å². The Kier molecular flexibility index (Phi) is 5.58. The monoisotopic (exact) mass is 448 g/mol. The number of rotatable bonds is 7. The summed E-state index contributed by atoms with van der Waals surface area (Å²) in [4.78, 5) is 16.8. The van der Waals surface area contributed by atoms with Gasteiger partial charge in [0.15, 0.2) is 16.7 Å². The first-order valence-corrected chi connectivity index (χ1v) is 11.7. The number of fused-ring (bicyclic) bond motifs is 2. The molecule has 1 aliphatic rings. The van der Waals surface area contributed by atoms with Gasteiger partial charge in [-0.15, -0.1) is 0 Å². The van der Waals surface area contributed by atoms with Crippen molar-refractivity contribution < 1.29 is 22.7 Å². The second-order valence-corrected chi connectivity index (χ2v) is 9.17. The van der Waals surface area contributed by atoms with Gasteiger partial charge < -0.3 is 19.4 Å². The summed E-state index contributed by atoms with van der Waals surface area (Å²) >= 11 is 1.44. The van der Waals surface area contributed by atoms with Crippen LogP contribution in [0.25, 0.3) is 11.0 Å². The van der Waals surface area contributed by atoms with Crippen LogP contribution in [0.3, 0.4) is 0 Å². The first-order chi connectivity index (χ1) is 14.3. The molecule has 0 bridgehead atoms. The van der Waals surface area contributed by atoms with Crippen molar-refractivity contribution in [2.24, 2.45) is 5.14 Å². The highest BCUT2D eigenvalue weighted by molar-refractivity contribution is 7.99. The molecular weight excluding hydrogens is 428 g/mol. The van der Waals surface area contributed by atoms with Crippen molar-refractivity contribution in [3.05, 3.63) is 36.4 Å². The summed E-state index contributed by atoms with van der Waals surface area (Å²) < 4.78 is 35.7. The maximum Gasteiger partial charge on any atom is 0.238 e. The Morgan fingerprint density at radius 2 is 2.03 bits per heavy atom. The number of anilines is 1. The van der Waals surface area contributed by atoms with Gasteiger partial charge in [0, 0.05) is 30.5 Å². The second-order valence-electron chi connectivity index (χ2n) is 6.55. The number of imidazole rings is 1. The van der Waals surface area contributed by atoms with Crippen molar-refractivity contribution in [1.29, 1.82) is 0 Å². The zero-order valence-corrected chi connectivity index (χ0v) is 17.8. The molecule has 4 rings (SSSR count). The number of carbonyl (C=O) groups excluding carboxylic acids is 1. The molecule has 1 amide bonds. The number of carbonyl (C=O) groups is 1. The van der Waals surface area contributed by atoms with Gasteiger partial charge >= 0.3 is 0 Å². The molecule has 158 valence electrons. The Balaban J connectivity index is 1.41. The number of sulfonamides is 1. The number of aryl methyl sites for hydroxylation is 1. The standard InChI is InChI=1S/C19H20N4O5S2/c1-2-23-15-5-4-13(30(20,25)26)10-14(15)22-19(23)29-8-7-18(24)21-12-3-6-16-17(9-12)28-11-27-16/h3-6,9-10H,2,7-8,11H2,1H3,(H,21,24)(H2,20,25,26). The molecule has 0 fully saturated rings. The third kappa shape index (κ3) is 4.23. The van der Waals surface area contributed by atoms with Gasteiger partial charge in [0.05, 0.1) is 15.9 Å². The summed E-state index contributed by atoms with van der Waals surface area (Å²) in [7, 11) is -3.79. The SMILES string of the molecule is CCn1c(SCCC(=O)Nc2ccc3c(c2)OCO3)nc2cc(S(N)(=O)=O)ccc21. The molecule has 0 atom stereocenters. The van der Waals surface area contributed by atoms with Crippen LogP contribution in [-0.4, -0.2) is 36.4 Å². The first kappa shape index (κ1) is 20.5. The van der Waals surface area contributed by atoms with Crippen molar-refractivity contribution in [1.82, 2.24) is 9.55 Å². The minimum Gasteiger partial charge on any atom is -0.454 e. The van der Waals surface area contributed by atoms with Gasteiger partial charge in [-0.2, -0.15) is 0 Å². The topological polar surface area (TPSA) is 126 Å². The fourth-order valence-corrected chi connectivity index (χ4v) is 4.66. The minimum atomic E-state index is -3.79. The van der Waals surface area contributed by atoms with Gasteiger partial charge in [-0.3, -0.25) is 4.79 Å². The summed E-state index contributed by atoms with van der Waals surface area (Å²) in [5.41, 5.74) is 2.01. The van der Waals surface area contributed by atoms with Crippen LogP contribution in [0.2, 0.25) is 0 Å². The number of nitrogens with one attached hydrogen (secondary N) is 1. The molecule has 1 aliphatic heterocycles. The predicted octanol–water partition coefficient (Wildman–Crippen LogP) is 2.55. The van der Waals surface area contributed by atoms with Crippen LogP contribution in [0.5, 0.6) is 11.5 Å². The van der Waals surface area contributed by atoms with E-state index in [0.717, 1.165) is 10.7 Å². The highest BCUT2D eigenvalue weighted by Crippen LogP contribution is 2.34. The van der Waals surface area contributed by atoms with E-state index in [1.807, 2.05) is 11.5 Å². The first-order valence-electron chi connectivity index (χ1n) is 9.20. The zero-order chi connectivity index (χ0) is 21.3. The number of amides is 1. The summed E-state index contributed by atoms with van der Waals surface area (Å²) in [5, 5.41) is 8.76. The van der Waals surface area contributed by atoms with Crippen molar-refractivity contribution in [2.45, 2.75) is 29.9 Å². The normalized spacial score (nSPS) is 13.0. The fraction of sp³-hybridized carbons (Fsp3) is 0.263. The van der Waals surface area contributed by atoms with Crippen molar-refractivity contribution in [2.75, 3.05) is 17.9 Å². The van der Waals surface area contributed by atoms with Crippen molar-refractivity contribution in [3.63, 3.8) is 0 Å². The number of hydrogen-bond donors (Lipinski definition) is 2. The Morgan fingerprint density at radius 1 is 1.23 bits per heavy atom. The maximum atomic E-state index is 12.3. The van der Waals surface area contributed by atoms with Gasteiger partial charge in [0.1, 0.15) is 0 Å². The van der Waals surface area contributed by atoms with E-state index in [-0.39, 0.29) is 24.0 Å². The Bertz CT molecular complexity index is 1220. The maximum absolute atomic E-state index is 12.3. The fourth-order valence-electron chi connectivity index (χ4n) is 3.11. The predicted molar refractivity (Wildman–Crippen MR) is 113 cm³/mol.